The molecule has 1 heterocycles. The molecule has 1 saturated heterocycles. The molecule has 0 aromatic heterocycles. The molecule has 5 rings (SSSR count). The Labute approximate surface area is 219 Å². The van der Waals surface area contributed by atoms with Crippen molar-refractivity contribution in [3.05, 3.63) is 84.9 Å². The van der Waals surface area contributed by atoms with Gasteiger partial charge in [-0.15, -0.1) is 10.2 Å². The van der Waals surface area contributed by atoms with Crippen molar-refractivity contribution in [2.45, 2.75) is 0 Å². The van der Waals surface area contributed by atoms with Crippen molar-refractivity contribution in [3.8, 4) is 23.0 Å². The second-order valence-electron chi connectivity index (χ2n) is 8.75. The fourth-order valence-electron chi connectivity index (χ4n) is 4.10. The highest BCUT2D eigenvalue weighted by molar-refractivity contribution is 5.58. The third-order valence-electron chi connectivity index (χ3n) is 6.17. The van der Waals surface area contributed by atoms with Crippen LogP contribution in [0.15, 0.2) is 105 Å². The van der Waals surface area contributed by atoms with Gasteiger partial charge in [0.25, 0.3) is 0 Å². The van der Waals surface area contributed by atoms with E-state index in [1.54, 1.807) is 0 Å². The Morgan fingerprint density at radius 3 is 1.16 bits per heavy atom. The van der Waals surface area contributed by atoms with Crippen LogP contribution in [0.2, 0.25) is 0 Å². The van der Waals surface area contributed by atoms with Gasteiger partial charge in [0.15, 0.2) is 0 Å². The first-order chi connectivity index (χ1) is 18.4. The summed E-state index contributed by atoms with van der Waals surface area (Å²) in [6.07, 6.45) is 0. The minimum atomic E-state index is -0.128. The predicted octanol–water partition coefficient (Wildman–Crippen LogP) is 6.67. The van der Waals surface area contributed by atoms with Gasteiger partial charge >= 0.3 is 0 Å². The molecule has 0 unspecified atom stereocenters. The van der Waals surface area contributed by atoms with E-state index in [0.717, 1.165) is 37.6 Å². The van der Waals surface area contributed by atoms with E-state index in [1.807, 2.05) is 48.5 Å². The molecule has 1 aliphatic rings. The van der Waals surface area contributed by atoms with Crippen LogP contribution in [0.3, 0.4) is 0 Å². The number of phenols is 4. The number of hydrogen-bond donors (Lipinski definition) is 4. The Morgan fingerprint density at radius 1 is 0.447 bits per heavy atom. The minimum Gasteiger partial charge on any atom is -0.508 e. The smallest absolute Gasteiger partial charge is 0.146 e. The molecule has 0 atom stereocenters. The zero-order valence-electron chi connectivity index (χ0n) is 20.4. The summed E-state index contributed by atoms with van der Waals surface area (Å²) in [6, 6.07) is 23.9. The number of azo groups is 2. The SMILES string of the molecule is Oc1ccc(N=Nc2ccc(N3CCN(c4ccc(N=Nc5ccc(O)cc5O)cc4)CC3)cc2)c(O)c1. The van der Waals surface area contributed by atoms with Crippen molar-refractivity contribution < 1.29 is 20.4 Å². The van der Waals surface area contributed by atoms with Crippen molar-refractivity contribution in [1.29, 1.82) is 0 Å². The van der Waals surface area contributed by atoms with Crippen molar-refractivity contribution in [1.82, 2.24) is 0 Å². The van der Waals surface area contributed by atoms with Crippen LogP contribution >= 0.6 is 0 Å². The zero-order valence-corrected chi connectivity index (χ0v) is 20.4. The van der Waals surface area contributed by atoms with Crippen LogP contribution in [0.25, 0.3) is 0 Å². The van der Waals surface area contributed by atoms with Crippen LogP contribution < -0.4 is 9.80 Å². The van der Waals surface area contributed by atoms with E-state index >= 15 is 0 Å². The fourth-order valence-corrected chi connectivity index (χ4v) is 4.10. The molecule has 0 saturated carbocycles. The monoisotopic (exact) mass is 510 g/mol. The topological polar surface area (TPSA) is 137 Å². The first-order valence-corrected chi connectivity index (χ1v) is 12.0. The number of rotatable bonds is 6. The molecule has 0 aliphatic carbocycles. The van der Waals surface area contributed by atoms with Crippen LogP contribution in [0.4, 0.5) is 34.1 Å². The number of aromatic hydroxyl groups is 4. The lowest BCUT2D eigenvalue weighted by Crippen LogP contribution is -2.46. The number of benzene rings is 4. The van der Waals surface area contributed by atoms with E-state index in [0.29, 0.717) is 11.4 Å². The number of nitrogens with zero attached hydrogens (tertiary/aromatic N) is 6. The van der Waals surface area contributed by atoms with E-state index in [9.17, 15) is 20.4 Å². The Bertz CT molecular complexity index is 1350. The van der Waals surface area contributed by atoms with E-state index in [1.165, 1.54) is 36.4 Å². The highest BCUT2D eigenvalue weighted by atomic mass is 16.3. The van der Waals surface area contributed by atoms with Gasteiger partial charge in [0.1, 0.15) is 34.4 Å². The van der Waals surface area contributed by atoms with Gasteiger partial charge in [0, 0.05) is 49.7 Å². The normalized spacial score (nSPS) is 14.0. The fraction of sp³-hybridized carbons (Fsp3) is 0.143. The van der Waals surface area contributed by atoms with Crippen LogP contribution in [-0.4, -0.2) is 46.6 Å². The minimum absolute atomic E-state index is 0.0294. The summed E-state index contributed by atoms with van der Waals surface area (Å²) in [5.74, 6) is -0.315. The molecule has 10 heteroatoms. The molecular formula is C28H26N6O4. The maximum absolute atomic E-state index is 9.84. The summed E-state index contributed by atoms with van der Waals surface area (Å²) in [6.45, 7) is 3.46. The van der Waals surface area contributed by atoms with Gasteiger partial charge in [-0.3, -0.25) is 0 Å². The van der Waals surface area contributed by atoms with Gasteiger partial charge in [0.2, 0.25) is 0 Å². The van der Waals surface area contributed by atoms with E-state index in [4.69, 9.17) is 0 Å². The van der Waals surface area contributed by atoms with Gasteiger partial charge in [0.05, 0.1) is 11.4 Å². The highest BCUT2D eigenvalue weighted by Gasteiger charge is 2.17. The van der Waals surface area contributed by atoms with Crippen molar-refractivity contribution in [3.63, 3.8) is 0 Å². The van der Waals surface area contributed by atoms with Crippen molar-refractivity contribution >= 4 is 34.1 Å². The summed E-state index contributed by atoms with van der Waals surface area (Å²) in [5, 5.41) is 54.9. The Morgan fingerprint density at radius 2 is 0.816 bits per heavy atom. The first-order valence-electron chi connectivity index (χ1n) is 12.0. The second-order valence-corrected chi connectivity index (χ2v) is 8.75. The lowest BCUT2D eigenvalue weighted by molar-refractivity contribution is 0.450. The van der Waals surface area contributed by atoms with Crippen molar-refractivity contribution in [2.75, 3.05) is 36.0 Å². The molecule has 192 valence electrons. The predicted molar refractivity (Wildman–Crippen MR) is 145 cm³/mol. The molecule has 0 amide bonds. The number of anilines is 2. The summed E-state index contributed by atoms with van der Waals surface area (Å²) >= 11 is 0. The molecule has 4 N–H and O–H groups in total. The van der Waals surface area contributed by atoms with Crippen LogP contribution in [0.1, 0.15) is 0 Å². The molecule has 0 bridgehead atoms. The third kappa shape index (κ3) is 5.81. The van der Waals surface area contributed by atoms with Crippen LogP contribution in [0, 0.1) is 0 Å². The standard InChI is InChI=1S/C28H26N6O4/c35-23-9-11-25(27(37)17-23)31-29-19-1-5-21(6-2-19)33-13-15-34(16-14-33)22-7-3-20(4-8-22)30-32-26-12-10-24(36)18-28(26)38/h1-12,17-18,35-38H,13-16H2. The van der Waals surface area contributed by atoms with Gasteiger partial charge < -0.3 is 30.2 Å². The molecule has 38 heavy (non-hydrogen) atoms. The third-order valence-corrected chi connectivity index (χ3v) is 6.17. The highest BCUT2D eigenvalue weighted by Crippen LogP contribution is 2.33. The zero-order chi connectivity index (χ0) is 26.5. The molecule has 10 nitrogen and oxygen atoms in total. The molecular weight excluding hydrogens is 484 g/mol. The van der Waals surface area contributed by atoms with Gasteiger partial charge in [-0.05, 0) is 72.8 Å². The maximum atomic E-state index is 9.84. The molecule has 4 aromatic carbocycles. The summed E-state index contributed by atoms with van der Waals surface area (Å²) < 4.78 is 0. The van der Waals surface area contributed by atoms with Gasteiger partial charge in [-0.25, -0.2) is 0 Å². The Balaban J connectivity index is 1.15. The largest absolute Gasteiger partial charge is 0.508 e. The molecule has 1 aliphatic heterocycles. The van der Waals surface area contributed by atoms with Crippen molar-refractivity contribution in [2.24, 2.45) is 20.5 Å². The summed E-state index contributed by atoms with van der Waals surface area (Å²) in [5.41, 5.74) is 4.11. The van der Waals surface area contributed by atoms with Gasteiger partial charge in [-0.1, -0.05) is 0 Å². The van der Waals surface area contributed by atoms with E-state index < -0.39 is 0 Å². The summed E-state index contributed by atoms with van der Waals surface area (Å²) in [4.78, 5) is 4.63. The lowest BCUT2D eigenvalue weighted by atomic mass is 10.2. The lowest BCUT2D eigenvalue weighted by Gasteiger charge is -2.37. The number of hydrogen-bond acceptors (Lipinski definition) is 10. The average molecular weight is 511 g/mol. The Kier molecular flexibility index (Phi) is 7.03. The van der Waals surface area contributed by atoms with Crippen LogP contribution in [0.5, 0.6) is 23.0 Å². The molecule has 0 radical (unpaired) electrons. The quantitative estimate of drug-likeness (QED) is 0.214. The number of phenolic OH excluding ortho intramolecular Hbond substituents is 4. The van der Waals surface area contributed by atoms with Gasteiger partial charge in [-0.2, -0.15) is 10.2 Å². The molecule has 0 spiro atoms. The average Bonchev–Trinajstić information content (AvgIpc) is 2.93. The molecule has 1 fully saturated rings. The molecule has 4 aromatic rings. The first kappa shape index (κ1) is 24.6. The van der Waals surface area contributed by atoms with E-state index in [-0.39, 0.29) is 34.4 Å². The summed E-state index contributed by atoms with van der Waals surface area (Å²) in [7, 11) is 0. The maximum Gasteiger partial charge on any atom is 0.146 e. The van der Waals surface area contributed by atoms with Crippen LogP contribution in [-0.2, 0) is 0 Å². The van der Waals surface area contributed by atoms with E-state index in [2.05, 4.69) is 30.3 Å². The number of piperazine rings is 1. The second kappa shape index (κ2) is 10.9. The Hall–Kier alpha value is -5.12.